The van der Waals surface area contributed by atoms with Gasteiger partial charge in [0.2, 0.25) is 5.91 Å². The lowest BCUT2D eigenvalue weighted by atomic mass is 10.2. The van der Waals surface area contributed by atoms with Gasteiger partial charge in [0, 0.05) is 6.20 Å². The molecule has 6 heteroatoms. The van der Waals surface area contributed by atoms with Gasteiger partial charge in [-0.3, -0.25) is 4.79 Å². The van der Waals surface area contributed by atoms with Crippen molar-refractivity contribution in [3.05, 3.63) is 53.0 Å². The maximum absolute atomic E-state index is 12.7. The third-order valence-corrected chi connectivity index (χ3v) is 2.23. The van der Waals surface area contributed by atoms with Crippen LogP contribution in [0.3, 0.4) is 0 Å². The zero-order valence-electron chi connectivity index (χ0n) is 9.40. The van der Waals surface area contributed by atoms with Crippen LogP contribution in [-0.4, -0.2) is 12.5 Å². The Labute approximate surface area is 109 Å². The van der Waals surface area contributed by atoms with Crippen LogP contribution in [0.2, 0.25) is 0 Å². The lowest BCUT2D eigenvalue weighted by molar-refractivity contribution is -0.114. The third-order valence-electron chi connectivity index (χ3n) is 2.00. The monoisotopic (exact) mass is 270 g/mol. The van der Waals surface area contributed by atoms with Gasteiger partial charge in [-0.2, -0.15) is 0 Å². The van der Waals surface area contributed by atoms with Crippen molar-refractivity contribution in [2.45, 2.75) is 0 Å². The molecule has 4 N–H and O–H groups in total. The van der Waals surface area contributed by atoms with Gasteiger partial charge in [-0.25, -0.2) is 4.39 Å². The lowest BCUT2D eigenvalue weighted by Gasteiger charge is -2.07. The summed E-state index contributed by atoms with van der Waals surface area (Å²) in [6.07, 6.45) is 2.44. The SMILES string of the molecule is N/C=C(Cl)\C=C(/COc1ccc(F)cc1)C(N)=O. The Morgan fingerprint density at radius 2 is 2.00 bits per heavy atom. The second kappa shape index (κ2) is 6.66. The first-order chi connectivity index (χ1) is 8.52. The number of rotatable bonds is 5. The molecule has 18 heavy (non-hydrogen) atoms. The number of allylic oxidation sites excluding steroid dienone is 2. The van der Waals surface area contributed by atoms with E-state index in [0.29, 0.717) is 5.75 Å². The first-order valence-corrected chi connectivity index (χ1v) is 5.37. The van der Waals surface area contributed by atoms with Gasteiger partial charge in [0.05, 0.1) is 10.6 Å². The Hall–Kier alpha value is -2.01. The van der Waals surface area contributed by atoms with E-state index in [4.69, 9.17) is 27.8 Å². The minimum atomic E-state index is -0.669. The molecule has 0 saturated heterocycles. The van der Waals surface area contributed by atoms with Crippen LogP contribution in [0.5, 0.6) is 5.75 Å². The van der Waals surface area contributed by atoms with E-state index in [9.17, 15) is 9.18 Å². The van der Waals surface area contributed by atoms with Crippen LogP contribution in [-0.2, 0) is 4.79 Å². The van der Waals surface area contributed by atoms with Crippen molar-refractivity contribution in [3.8, 4) is 5.75 Å². The molecule has 1 amide bonds. The molecular weight excluding hydrogens is 259 g/mol. The van der Waals surface area contributed by atoms with Gasteiger partial charge in [0.1, 0.15) is 18.2 Å². The maximum Gasteiger partial charge on any atom is 0.248 e. The Morgan fingerprint density at radius 3 is 2.50 bits per heavy atom. The summed E-state index contributed by atoms with van der Waals surface area (Å²) < 4.78 is 17.9. The summed E-state index contributed by atoms with van der Waals surface area (Å²) in [4.78, 5) is 11.1. The van der Waals surface area contributed by atoms with Crippen LogP contribution in [0.4, 0.5) is 4.39 Å². The highest BCUT2D eigenvalue weighted by atomic mass is 35.5. The number of amides is 1. The van der Waals surface area contributed by atoms with Crippen LogP contribution in [0.25, 0.3) is 0 Å². The lowest BCUT2D eigenvalue weighted by Crippen LogP contribution is -2.19. The molecular formula is C12H12ClFN2O2. The molecule has 0 aromatic heterocycles. The van der Waals surface area contributed by atoms with Crippen LogP contribution in [0, 0.1) is 5.82 Å². The van der Waals surface area contributed by atoms with E-state index < -0.39 is 5.91 Å². The summed E-state index contributed by atoms with van der Waals surface area (Å²) in [6, 6.07) is 5.37. The van der Waals surface area contributed by atoms with E-state index >= 15 is 0 Å². The molecule has 0 unspecified atom stereocenters. The predicted octanol–water partition coefficient (Wildman–Crippen LogP) is 1.66. The van der Waals surface area contributed by atoms with Crippen LogP contribution < -0.4 is 16.2 Å². The molecule has 0 aliphatic heterocycles. The quantitative estimate of drug-likeness (QED) is 0.631. The molecule has 1 aromatic rings. The molecule has 0 bridgehead atoms. The largest absolute Gasteiger partial charge is 0.489 e. The Balaban J connectivity index is 2.72. The average Bonchev–Trinajstić information content (AvgIpc) is 2.35. The van der Waals surface area contributed by atoms with Gasteiger partial charge in [0.25, 0.3) is 0 Å². The summed E-state index contributed by atoms with van der Waals surface area (Å²) in [5.74, 6) is -0.629. The fourth-order valence-corrected chi connectivity index (χ4v) is 1.22. The zero-order chi connectivity index (χ0) is 13.5. The smallest absolute Gasteiger partial charge is 0.248 e. The van der Waals surface area contributed by atoms with Crippen LogP contribution in [0.1, 0.15) is 0 Å². The average molecular weight is 271 g/mol. The van der Waals surface area contributed by atoms with Crippen molar-refractivity contribution in [1.82, 2.24) is 0 Å². The first kappa shape index (κ1) is 14.1. The van der Waals surface area contributed by atoms with Crippen molar-refractivity contribution in [2.75, 3.05) is 6.61 Å². The Bertz CT molecular complexity index is 483. The number of halogens is 2. The van der Waals surface area contributed by atoms with Crippen molar-refractivity contribution in [1.29, 1.82) is 0 Å². The minimum Gasteiger partial charge on any atom is -0.489 e. The van der Waals surface area contributed by atoms with Crippen LogP contribution in [0.15, 0.2) is 47.1 Å². The normalized spacial score (nSPS) is 12.3. The van der Waals surface area contributed by atoms with Crippen molar-refractivity contribution in [3.63, 3.8) is 0 Å². The second-order valence-corrected chi connectivity index (χ2v) is 3.76. The van der Waals surface area contributed by atoms with E-state index in [-0.39, 0.29) is 23.0 Å². The van der Waals surface area contributed by atoms with Gasteiger partial charge in [-0.05, 0) is 30.3 Å². The minimum absolute atomic E-state index is 0.0783. The number of carbonyl (C=O) groups excluding carboxylic acids is 1. The number of carbonyl (C=O) groups is 1. The number of hydrogen-bond donors (Lipinski definition) is 2. The topological polar surface area (TPSA) is 78.3 Å². The summed E-state index contributed by atoms with van der Waals surface area (Å²) in [5, 5.41) is 0.173. The molecule has 0 aliphatic carbocycles. The Kier molecular flexibility index (Phi) is 5.20. The van der Waals surface area contributed by atoms with Crippen molar-refractivity contribution >= 4 is 17.5 Å². The third kappa shape index (κ3) is 4.47. The molecule has 0 heterocycles. The highest BCUT2D eigenvalue weighted by molar-refractivity contribution is 6.31. The molecule has 0 atom stereocenters. The number of primary amides is 1. The predicted molar refractivity (Wildman–Crippen MR) is 67.3 cm³/mol. The molecule has 0 fully saturated rings. The van der Waals surface area contributed by atoms with Crippen LogP contribution >= 0.6 is 11.6 Å². The highest BCUT2D eigenvalue weighted by Gasteiger charge is 2.07. The van der Waals surface area contributed by atoms with Gasteiger partial charge in [-0.15, -0.1) is 0 Å². The van der Waals surface area contributed by atoms with Gasteiger partial charge in [-0.1, -0.05) is 11.6 Å². The van der Waals surface area contributed by atoms with E-state index in [0.717, 1.165) is 6.20 Å². The molecule has 0 radical (unpaired) electrons. The summed E-state index contributed by atoms with van der Waals surface area (Å²) in [6.45, 7) is -0.0783. The first-order valence-electron chi connectivity index (χ1n) is 4.99. The van der Waals surface area contributed by atoms with Gasteiger partial charge >= 0.3 is 0 Å². The number of nitrogens with two attached hydrogens (primary N) is 2. The highest BCUT2D eigenvalue weighted by Crippen LogP contribution is 2.13. The van der Waals surface area contributed by atoms with E-state index in [1.165, 1.54) is 30.3 Å². The summed E-state index contributed by atoms with van der Waals surface area (Å²) >= 11 is 5.65. The fourth-order valence-electron chi connectivity index (χ4n) is 1.09. The molecule has 96 valence electrons. The number of benzene rings is 1. The van der Waals surface area contributed by atoms with Gasteiger partial charge < -0.3 is 16.2 Å². The van der Waals surface area contributed by atoms with E-state index in [2.05, 4.69) is 0 Å². The van der Waals surface area contributed by atoms with E-state index in [1.54, 1.807) is 0 Å². The summed E-state index contributed by atoms with van der Waals surface area (Å²) in [7, 11) is 0. The zero-order valence-corrected chi connectivity index (χ0v) is 10.2. The fraction of sp³-hybridized carbons (Fsp3) is 0.0833. The standard InChI is InChI=1S/C12H12ClFN2O2/c13-9(6-15)5-8(12(16)17)7-18-11-3-1-10(14)2-4-11/h1-6H,7,15H2,(H2,16,17)/b8-5+,9-6+. The second-order valence-electron chi connectivity index (χ2n) is 3.33. The molecule has 1 rings (SSSR count). The summed E-state index contributed by atoms with van der Waals surface area (Å²) in [5.41, 5.74) is 10.5. The van der Waals surface area contributed by atoms with Crippen molar-refractivity contribution in [2.24, 2.45) is 11.5 Å². The molecule has 1 aromatic carbocycles. The molecule has 4 nitrogen and oxygen atoms in total. The Morgan fingerprint density at radius 1 is 1.39 bits per heavy atom. The number of hydrogen-bond acceptors (Lipinski definition) is 3. The maximum atomic E-state index is 12.7. The van der Waals surface area contributed by atoms with E-state index in [1.807, 2.05) is 0 Å². The molecule has 0 saturated carbocycles. The van der Waals surface area contributed by atoms with Gasteiger partial charge in [0.15, 0.2) is 0 Å². The molecule has 0 spiro atoms. The number of ether oxygens (including phenoxy) is 1. The molecule has 0 aliphatic rings. The van der Waals surface area contributed by atoms with Crippen molar-refractivity contribution < 1.29 is 13.9 Å².